The Morgan fingerprint density at radius 3 is 1.90 bits per heavy atom. The van der Waals surface area contributed by atoms with E-state index in [4.69, 9.17) is 0 Å². The summed E-state index contributed by atoms with van der Waals surface area (Å²) in [5, 5.41) is 2.86. The summed E-state index contributed by atoms with van der Waals surface area (Å²) in [6.45, 7) is 9.78. The first-order valence-corrected chi connectivity index (χ1v) is 15.3. The number of nitrogens with one attached hydrogen (secondary N) is 2. The van der Waals surface area contributed by atoms with Crippen molar-refractivity contribution < 1.29 is 13.2 Å². The second kappa shape index (κ2) is 12.7. The van der Waals surface area contributed by atoms with Crippen LogP contribution in [0.4, 0.5) is 11.4 Å². The Morgan fingerprint density at radius 2 is 1.32 bits per heavy atom. The molecular weight excluding hydrogens is 532 g/mol. The van der Waals surface area contributed by atoms with Gasteiger partial charge in [-0.15, -0.1) is 0 Å². The molecule has 5 rings (SSSR count). The van der Waals surface area contributed by atoms with Crippen molar-refractivity contribution in [1.82, 2.24) is 9.80 Å². The topological polar surface area (TPSA) is 81.8 Å². The van der Waals surface area contributed by atoms with Crippen LogP contribution in [0.3, 0.4) is 0 Å². The van der Waals surface area contributed by atoms with Gasteiger partial charge in [0.2, 0.25) is 0 Å². The van der Waals surface area contributed by atoms with Crippen molar-refractivity contribution in [2.24, 2.45) is 0 Å². The van der Waals surface area contributed by atoms with Crippen molar-refractivity contribution in [3.63, 3.8) is 0 Å². The van der Waals surface area contributed by atoms with Gasteiger partial charge in [0.25, 0.3) is 15.9 Å². The van der Waals surface area contributed by atoms with E-state index in [2.05, 4.69) is 50.2 Å². The van der Waals surface area contributed by atoms with Gasteiger partial charge in [0.05, 0.1) is 10.6 Å². The van der Waals surface area contributed by atoms with E-state index in [-0.39, 0.29) is 10.8 Å². The number of sulfonamides is 1. The number of hydrogen-bond donors (Lipinski definition) is 2. The Balaban J connectivity index is 1.11. The molecule has 0 unspecified atom stereocenters. The molecule has 1 heterocycles. The third-order valence-electron chi connectivity index (χ3n) is 7.38. The van der Waals surface area contributed by atoms with Gasteiger partial charge in [-0.2, -0.15) is 0 Å². The molecular formula is C33H36N4O3S. The largest absolute Gasteiger partial charge is 0.322 e. The molecule has 1 aliphatic heterocycles. The third kappa shape index (κ3) is 7.61. The molecule has 1 amide bonds. The van der Waals surface area contributed by atoms with Gasteiger partial charge in [0, 0.05) is 50.5 Å². The number of aryl methyl sites for hydroxylation is 2. The Bertz CT molecular complexity index is 1580. The molecule has 1 fully saturated rings. The molecule has 212 valence electrons. The van der Waals surface area contributed by atoms with Gasteiger partial charge in [0.15, 0.2) is 0 Å². The van der Waals surface area contributed by atoms with Crippen LogP contribution in [0.25, 0.3) is 0 Å². The molecule has 1 aliphatic rings. The van der Waals surface area contributed by atoms with E-state index in [1.807, 2.05) is 50.2 Å². The Hall–Kier alpha value is -3.98. The zero-order valence-electron chi connectivity index (χ0n) is 23.5. The molecule has 2 N–H and O–H groups in total. The van der Waals surface area contributed by atoms with E-state index in [9.17, 15) is 13.2 Å². The van der Waals surface area contributed by atoms with E-state index in [1.165, 1.54) is 23.3 Å². The van der Waals surface area contributed by atoms with Gasteiger partial charge in [-0.25, -0.2) is 8.42 Å². The highest BCUT2D eigenvalue weighted by atomic mass is 32.2. The van der Waals surface area contributed by atoms with E-state index in [0.29, 0.717) is 16.9 Å². The number of hydrogen-bond acceptors (Lipinski definition) is 5. The third-order valence-corrected chi connectivity index (χ3v) is 8.77. The maximum absolute atomic E-state index is 12.9. The van der Waals surface area contributed by atoms with Crippen LogP contribution in [-0.2, 0) is 23.1 Å². The van der Waals surface area contributed by atoms with Crippen LogP contribution in [0.1, 0.15) is 32.6 Å². The molecule has 0 radical (unpaired) electrons. The number of nitrogens with zero attached hydrogens (tertiary/aromatic N) is 2. The Kier molecular flexibility index (Phi) is 8.83. The van der Waals surface area contributed by atoms with Crippen molar-refractivity contribution in [2.45, 2.75) is 31.8 Å². The number of amides is 1. The van der Waals surface area contributed by atoms with Crippen molar-refractivity contribution in [2.75, 3.05) is 36.2 Å². The SMILES string of the molecule is Cc1ccc(NS(=O)(=O)c2ccc(NC(=O)c3ccc(CN4CCN(Cc5ccccc5)CC4)cc3)cc2)c(C)c1. The van der Waals surface area contributed by atoms with Gasteiger partial charge >= 0.3 is 0 Å². The molecule has 0 bridgehead atoms. The predicted molar refractivity (Wildman–Crippen MR) is 165 cm³/mol. The standard InChI is InChI=1S/C33H36N4O3S/c1-25-8-17-32(26(2)22-25)35-41(39,40)31-15-13-30(14-16-31)34-33(38)29-11-9-28(10-12-29)24-37-20-18-36(19-21-37)23-27-6-4-3-5-7-27/h3-17,22,35H,18-21,23-24H2,1-2H3,(H,34,38). The van der Waals surface area contributed by atoms with Crippen LogP contribution >= 0.6 is 0 Å². The lowest BCUT2D eigenvalue weighted by Crippen LogP contribution is -2.45. The maximum Gasteiger partial charge on any atom is 0.261 e. The molecule has 0 aliphatic carbocycles. The molecule has 0 atom stereocenters. The summed E-state index contributed by atoms with van der Waals surface area (Å²) in [5.41, 5.74) is 6.05. The van der Waals surface area contributed by atoms with Crippen LogP contribution in [0, 0.1) is 13.8 Å². The fourth-order valence-corrected chi connectivity index (χ4v) is 6.15. The summed E-state index contributed by atoms with van der Waals surface area (Å²) in [6.07, 6.45) is 0. The minimum atomic E-state index is -3.75. The van der Waals surface area contributed by atoms with E-state index >= 15 is 0 Å². The van der Waals surface area contributed by atoms with Crippen LogP contribution in [0.5, 0.6) is 0 Å². The molecule has 0 saturated carbocycles. The van der Waals surface area contributed by atoms with Gasteiger partial charge in [-0.05, 0) is 73.0 Å². The average molecular weight is 569 g/mol. The molecule has 1 saturated heterocycles. The molecule has 41 heavy (non-hydrogen) atoms. The van der Waals surface area contributed by atoms with E-state index in [0.717, 1.165) is 50.4 Å². The number of carbonyl (C=O) groups excluding carboxylic acids is 1. The maximum atomic E-state index is 12.9. The summed E-state index contributed by atoms with van der Waals surface area (Å²) < 4.78 is 28.4. The van der Waals surface area contributed by atoms with Crippen molar-refractivity contribution in [3.05, 3.63) is 125 Å². The number of anilines is 2. The van der Waals surface area contributed by atoms with Crippen LogP contribution in [0.15, 0.2) is 102 Å². The minimum Gasteiger partial charge on any atom is -0.322 e. The normalized spacial score (nSPS) is 14.5. The monoisotopic (exact) mass is 568 g/mol. The smallest absolute Gasteiger partial charge is 0.261 e. The molecule has 4 aromatic carbocycles. The highest BCUT2D eigenvalue weighted by Crippen LogP contribution is 2.22. The highest BCUT2D eigenvalue weighted by Gasteiger charge is 2.18. The van der Waals surface area contributed by atoms with Crippen molar-refractivity contribution in [1.29, 1.82) is 0 Å². The Morgan fingerprint density at radius 1 is 0.732 bits per heavy atom. The van der Waals surface area contributed by atoms with Gasteiger partial charge in [0.1, 0.15) is 0 Å². The zero-order valence-corrected chi connectivity index (χ0v) is 24.3. The summed E-state index contributed by atoms with van der Waals surface area (Å²) in [6, 6.07) is 30.0. The summed E-state index contributed by atoms with van der Waals surface area (Å²) in [5.74, 6) is -0.241. The zero-order chi connectivity index (χ0) is 28.8. The first kappa shape index (κ1) is 28.5. The lowest BCUT2D eigenvalue weighted by molar-refractivity contribution is 0.102. The van der Waals surface area contributed by atoms with Gasteiger partial charge in [-0.3, -0.25) is 19.3 Å². The summed E-state index contributed by atoms with van der Waals surface area (Å²) in [4.78, 5) is 17.9. The number of benzene rings is 4. The quantitative estimate of drug-likeness (QED) is 0.272. The lowest BCUT2D eigenvalue weighted by Gasteiger charge is -2.34. The second-order valence-corrected chi connectivity index (χ2v) is 12.3. The first-order valence-electron chi connectivity index (χ1n) is 13.8. The fourth-order valence-electron chi connectivity index (χ4n) is 5.02. The van der Waals surface area contributed by atoms with Crippen molar-refractivity contribution >= 4 is 27.3 Å². The average Bonchev–Trinajstić information content (AvgIpc) is 2.97. The summed E-state index contributed by atoms with van der Waals surface area (Å²) in [7, 11) is -3.75. The molecule has 0 aromatic heterocycles. The number of piperazine rings is 1. The van der Waals surface area contributed by atoms with Crippen LogP contribution < -0.4 is 10.0 Å². The van der Waals surface area contributed by atoms with Crippen LogP contribution in [-0.4, -0.2) is 50.3 Å². The van der Waals surface area contributed by atoms with E-state index < -0.39 is 10.0 Å². The second-order valence-electron chi connectivity index (χ2n) is 10.6. The highest BCUT2D eigenvalue weighted by molar-refractivity contribution is 7.92. The molecule has 8 heteroatoms. The Labute approximate surface area is 242 Å². The van der Waals surface area contributed by atoms with Crippen LogP contribution in [0.2, 0.25) is 0 Å². The van der Waals surface area contributed by atoms with Gasteiger partial charge < -0.3 is 5.32 Å². The van der Waals surface area contributed by atoms with Gasteiger partial charge in [-0.1, -0.05) is 60.2 Å². The lowest BCUT2D eigenvalue weighted by atomic mass is 10.1. The van der Waals surface area contributed by atoms with E-state index in [1.54, 1.807) is 18.2 Å². The van der Waals surface area contributed by atoms with Crippen molar-refractivity contribution in [3.8, 4) is 0 Å². The number of rotatable bonds is 9. The molecule has 7 nitrogen and oxygen atoms in total. The molecule has 0 spiro atoms. The molecule has 4 aromatic rings. The minimum absolute atomic E-state index is 0.126. The first-order chi connectivity index (χ1) is 19.7. The summed E-state index contributed by atoms with van der Waals surface area (Å²) >= 11 is 0. The predicted octanol–water partition coefficient (Wildman–Crippen LogP) is 5.67. The fraction of sp³-hybridized carbons (Fsp3) is 0.242. The number of carbonyl (C=O) groups is 1.